The van der Waals surface area contributed by atoms with Crippen LogP contribution in [0, 0.1) is 0 Å². The molecule has 1 aromatic carbocycles. The molecule has 0 bridgehead atoms. The molecule has 0 fully saturated rings. The molecule has 0 spiro atoms. The van der Waals surface area contributed by atoms with Crippen molar-refractivity contribution in [3.8, 4) is 0 Å². The Kier molecular flexibility index (Phi) is 3.72. The molecule has 0 atom stereocenters. The van der Waals surface area contributed by atoms with E-state index in [0.717, 1.165) is 26.8 Å². The number of thiophene rings is 1. The summed E-state index contributed by atoms with van der Waals surface area (Å²) in [5, 5.41) is 0.879. The van der Waals surface area contributed by atoms with Gasteiger partial charge in [-0.3, -0.25) is 10.2 Å². The number of para-hydroxylation sites is 2. The van der Waals surface area contributed by atoms with Crippen molar-refractivity contribution in [2.45, 2.75) is 10.9 Å². The van der Waals surface area contributed by atoms with E-state index in [1.54, 1.807) is 17.8 Å². The minimum Gasteiger partial charge on any atom is -0.333 e. The van der Waals surface area contributed by atoms with E-state index < -0.39 is 0 Å². The lowest BCUT2D eigenvalue weighted by Crippen LogP contribution is -2.29. The third-order valence-corrected chi connectivity index (χ3v) is 4.92. The molecule has 20 heavy (non-hydrogen) atoms. The van der Waals surface area contributed by atoms with E-state index in [1.165, 1.54) is 11.3 Å². The highest BCUT2D eigenvalue weighted by Crippen LogP contribution is 2.26. The Balaban J connectivity index is 1.69. The summed E-state index contributed by atoms with van der Waals surface area (Å²) < 4.78 is 0. The maximum absolute atomic E-state index is 11.4. The summed E-state index contributed by atoms with van der Waals surface area (Å²) in [7, 11) is 0. The van der Waals surface area contributed by atoms with E-state index in [9.17, 15) is 4.79 Å². The third-order valence-electron chi connectivity index (χ3n) is 2.74. The number of aromatic nitrogens is 2. The molecule has 0 saturated carbocycles. The van der Waals surface area contributed by atoms with Crippen molar-refractivity contribution in [3.05, 3.63) is 46.2 Å². The molecule has 0 aliphatic rings. The Bertz CT molecular complexity index is 717. The summed E-state index contributed by atoms with van der Waals surface area (Å²) >= 11 is 3.05. The Hall–Kier alpha value is -1.83. The lowest BCUT2D eigenvalue weighted by atomic mass is 10.3. The number of amides is 1. The summed E-state index contributed by atoms with van der Waals surface area (Å²) in [5.41, 5.74) is 4.13. The number of aromatic amines is 1. The predicted molar refractivity (Wildman–Crippen MR) is 81.6 cm³/mol. The van der Waals surface area contributed by atoms with Gasteiger partial charge in [0.15, 0.2) is 5.16 Å². The Morgan fingerprint density at radius 3 is 3.00 bits per heavy atom. The van der Waals surface area contributed by atoms with Crippen LogP contribution >= 0.6 is 23.1 Å². The molecule has 5 nitrogen and oxygen atoms in total. The fourth-order valence-corrected chi connectivity index (χ4v) is 3.62. The zero-order valence-corrected chi connectivity index (χ0v) is 12.1. The van der Waals surface area contributed by atoms with E-state index in [2.05, 4.69) is 15.4 Å². The second-order valence-corrected chi connectivity index (χ2v) is 6.22. The number of thioether (sulfide) groups is 1. The molecule has 2 aromatic heterocycles. The molecule has 3 rings (SSSR count). The van der Waals surface area contributed by atoms with Crippen LogP contribution in [0.5, 0.6) is 0 Å². The van der Waals surface area contributed by atoms with Crippen LogP contribution < -0.4 is 11.3 Å². The summed E-state index contributed by atoms with van der Waals surface area (Å²) in [6.45, 7) is 0. The molecule has 0 aliphatic carbocycles. The van der Waals surface area contributed by atoms with Gasteiger partial charge in [0, 0.05) is 10.6 Å². The maximum atomic E-state index is 11.4. The zero-order chi connectivity index (χ0) is 13.9. The highest BCUT2D eigenvalue weighted by atomic mass is 32.2. The van der Waals surface area contributed by atoms with Gasteiger partial charge in [-0.2, -0.15) is 0 Å². The van der Waals surface area contributed by atoms with Gasteiger partial charge in [-0.05, 0) is 24.3 Å². The molecule has 0 saturated heterocycles. The molecule has 0 aliphatic heterocycles. The van der Waals surface area contributed by atoms with Crippen molar-refractivity contribution in [3.63, 3.8) is 0 Å². The van der Waals surface area contributed by atoms with Crippen molar-refractivity contribution >= 4 is 40.0 Å². The normalized spacial score (nSPS) is 10.8. The van der Waals surface area contributed by atoms with Gasteiger partial charge in [-0.1, -0.05) is 23.9 Å². The number of imidazole rings is 1. The van der Waals surface area contributed by atoms with Crippen LogP contribution in [-0.4, -0.2) is 15.9 Å². The molecule has 7 heteroatoms. The van der Waals surface area contributed by atoms with Crippen molar-refractivity contribution < 1.29 is 4.79 Å². The first-order valence-corrected chi connectivity index (χ1v) is 7.73. The molecule has 0 unspecified atom stereocenters. The lowest BCUT2D eigenvalue weighted by molar-refractivity contribution is 0.0957. The van der Waals surface area contributed by atoms with Gasteiger partial charge in [0.2, 0.25) is 0 Å². The van der Waals surface area contributed by atoms with Gasteiger partial charge in [-0.15, -0.1) is 11.3 Å². The van der Waals surface area contributed by atoms with Crippen LogP contribution in [0.2, 0.25) is 0 Å². The van der Waals surface area contributed by atoms with Crippen molar-refractivity contribution in [1.29, 1.82) is 0 Å². The number of nitrogens with one attached hydrogen (secondary N) is 2. The number of carbonyl (C=O) groups excluding carboxylic acids is 1. The lowest BCUT2D eigenvalue weighted by Gasteiger charge is -1.95. The van der Waals surface area contributed by atoms with Crippen molar-refractivity contribution in [2.75, 3.05) is 0 Å². The third kappa shape index (κ3) is 2.69. The number of nitrogens with two attached hydrogens (primary N) is 1. The zero-order valence-electron chi connectivity index (χ0n) is 10.4. The highest BCUT2D eigenvalue weighted by Gasteiger charge is 2.09. The Morgan fingerprint density at radius 2 is 2.20 bits per heavy atom. The van der Waals surface area contributed by atoms with Crippen molar-refractivity contribution in [2.24, 2.45) is 5.84 Å². The molecular formula is C13H12N4OS2. The van der Waals surface area contributed by atoms with Gasteiger partial charge in [0.1, 0.15) is 0 Å². The van der Waals surface area contributed by atoms with Crippen LogP contribution in [0.1, 0.15) is 14.5 Å². The summed E-state index contributed by atoms with van der Waals surface area (Å²) in [6, 6.07) is 11.6. The van der Waals surface area contributed by atoms with E-state index in [0.29, 0.717) is 4.88 Å². The molecule has 3 aromatic rings. The molecule has 0 radical (unpaired) electrons. The van der Waals surface area contributed by atoms with Gasteiger partial charge < -0.3 is 4.98 Å². The fourth-order valence-electron chi connectivity index (χ4n) is 1.79. The number of nitrogens with zero attached hydrogens (tertiary/aromatic N) is 1. The van der Waals surface area contributed by atoms with E-state index in [4.69, 9.17) is 5.84 Å². The minimum absolute atomic E-state index is 0.255. The smallest absolute Gasteiger partial charge is 0.275 e. The number of hydrogen-bond donors (Lipinski definition) is 3. The topological polar surface area (TPSA) is 83.8 Å². The number of nitrogen functional groups attached to an aromatic ring is 1. The summed E-state index contributed by atoms with van der Waals surface area (Å²) in [5.74, 6) is 5.62. The number of hydrazine groups is 1. The van der Waals surface area contributed by atoms with Crippen LogP contribution in [0.4, 0.5) is 0 Å². The quantitative estimate of drug-likeness (QED) is 0.299. The minimum atomic E-state index is -0.255. The summed E-state index contributed by atoms with van der Waals surface area (Å²) in [6.07, 6.45) is 0. The number of rotatable bonds is 4. The van der Waals surface area contributed by atoms with Crippen LogP contribution in [0.15, 0.2) is 41.6 Å². The Morgan fingerprint density at radius 1 is 1.35 bits per heavy atom. The van der Waals surface area contributed by atoms with E-state index in [-0.39, 0.29) is 5.91 Å². The summed E-state index contributed by atoms with van der Waals surface area (Å²) in [4.78, 5) is 20.9. The van der Waals surface area contributed by atoms with Crippen LogP contribution in [0.25, 0.3) is 11.0 Å². The second kappa shape index (κ2) is 5.66. The number of carbonyl (C=O) groups is 1. The molecule has 4 N–H and O–H groups in total. The van der Waals surface area contributed by atoms with Gasteiger partial charge in [0.05, 0.1) is 15.9 Å². The fraction of sp³-hybridized carbons (Fsp3) is 0.0769. The van der Waals surface area contributed by atoms with E-state index >= 15 is 0 Å². The maximum Gasteiger partial charge on any atom is 0.275 e. The largest absolute Gasteiger partial charge is 0.333 e. The monoisotopic (exact) mass is 304 g/mol. The predicted octanol–water partition coefficient (Wildman–Crippen LogP) is 2.52. The standard InChI is InChI=1S/C13H12N4OS2/c14-17-12(18)11-6-5-8(20-11)7-19-13-15-9-3-1-2-4-10(9)16-13/h1-6H,7,14H2,(H,15,16)(H,17,18). The van der Waals surface area contributed by atoms with Crippen LogP contribution in [-0.2, 0) is 5.75 Å². The van der Waals surface area contributed by atoms with Gasteiger partial charge in [0.25, 0.3) is 5.91 Å². The molecule has 102 valence electrons. The number of fused-ring (bicyclic) bond motifs is 1. The first-order valence-electron chi connectivity index (χ1n) is 5.93. The second-order valence-electron chi connectivity index (χ2n) is 4.09. The number of hydrogen-bond acceptors (Lipinski definition) is 5. The SMILES string of the molecule is NNC(=O)c1ccc(CSc2nc3ccccc3[nH]2)s1. The van der Waals surface area contributed by atoms with Crippen molar-refractivity contribution in [1.82, 2.24) is 15.4 Å². The first kappa shape index (κ1) is 13.2. The van der Waals surface area contributed by atoms with Crippen LogP contribution in [0.3, 0.4) is 0 Å². The highest BCUT2D eigenvalue weighted by molar-refractivity contribution is 7.98. The molecule has 1 amide bonds. The number of benzene rings is 1. The molecular weight excluding hydrogens is 292 g/mol. The molecule has 2 heterocycles. The first-order chi connectivity index (χ1) is 9.76. The Labute approximate surface area is 123 Å². The average Bonchev–Trinajstić information content (AvgIpc) is 3.10. The van der Waals surface area contributed by atoms with Gasteiger partial charge in [-0.25, -0.2) is 10.8 Å². The average molecular weight is 304 g/mol. The van der Waals surface area contributed by atoms with Gasteiger partial charge >= 0.3 is 0 Å². The number of H-pyrrole nitrogens is 1. The van der Waals surface area contributed by atoms with E-state index in [1.807, 2.05) is 30.3 Å².